The van der Waals surface area contributed by atoms with Gasteiger partial charge in [0.2, 0.25) is 0 Å². The van der Waals surface area contributed by atoms with E-state index in [1.807, 2.05) is 6.08 Å². The molecule has 0 saturated carbocycles. The lowest BCUT2D eigenvalue weighted by molar-refractivity contribution is -0.193. The Kier molecular flexibility index (Phi) is 2.11. The van der Waals surface area contributed by atoms with Crippen molar-refractivity contribution >= 4 is 5.97 Å². The van der Waals surface area contributed by atoms with E-state index in [0.29, 0.717) is 6.61 Å². The first-order valence-corrected chi connectivity index (χ1v) is 5.38. The second kappa shape index (κ2) is 3.29. The van der Waals surface area contributed by atoms with Crippen LogP contribution >= 0.6 is 0 Å². The van der Waals surface area contributed by atoms with Gasteiger partial charge in [0.05, 0.1) is 32.2 Å². The predicted octanol–water partition coefficient (Wildman–Crippen LogP) is -0.305. The van der Waals surface area contributed by atoms with E-state index in [9.17, 15) is 9.90 Å². The van der Waals surface area contributed by atoms with Gasteiger partial charge in [-0.05, 0) is 0 Å². The molecule has 16 heavy (non-hydrogen) atoms. The van der Waals surface area contributed by atoms with Gasteiger partial charge >= 0.3 is 5.97 Å². The number of methoxy groups -OCH3 is 1. The van der Waals surface area contributed by atoms with Gasteiger partial charge in [0.1, 0.15) is 5.60 Å². The molecule has 1 aliphatic carbocycles. The minimum Gasteiger partial charge on any atom is -0.469 e. The summed E-state index contributed by atoms with van der Waals surface area (Å²) in [6.07, 6.45) is 3.22. The van der Waals surface area contributed by atoms with Crippen LogP contribution in [0.4, 0.5) is 0 Å². The lowest BCUT2D eigenvalue weighted by Gasteiger charge is -2.36. The molecule has 5 atom stereocenters. The van der Waals surface area contributed by atoms with Gasteiger partial charge in [-0.1, -0.05) is 12.2 Å². The zero-order valence-electron chi connectivity index (χ0n) is 8.96. The van der Waals surface area contributed by atoms with Crippen molar-refractivity contribution in [3.05, 3.63) is 12.2 Å². The van der Waals surface area contributed by atoms with E-state index in [-0.39, 0.29) is 30.3 Å². The van der Waals surface area contributed by atoms with Crippen molar-refractivity contribution in [2.75, 3.05) is 20.3 Å². The molecular formula is C11H14O5. The molecule has 2 saturated heterocycles. The minimum absolute atomic E-state index is 0.0429. The van der Waals surface area contributed by atoms with Gasteiger partial charge in [0.15, 0.2) is 6.29 Å². The van der Waals surface area contributed by atoms with Crippen LogP contribution in [0.15, 0.2) is 12.2 Å². The summed E-state index contributed by atoms with van der Waals surface area (Å²) in [6, 6.07) is 0. The normalized spacial score (nSPS) is 49.1. The van der Waals surface area contributed by atoms with Crippen molar-refractivity contribution in [3.8, 4) is 0 Å². The number of allylic oxidation sites excluding steroid dienone is 1. The SMILES string of the molecule is COC(=O)[C@@H]1CO[C@@H]2OC[C@]3(O)C=C[C@H]1[C@H]23. The second-order valence-corrected chi connectivity index (χ2v) is 4.60. The Morgan fingerprint density at radius 1 is 1.56 bits per heavy atom. The molecule has 0 aromatic heterocycles. The van der Waals surface area contributed by atoms with Gasteiger partial charge in [-0.15, -0.1) is 0 Å². The van der Waals surface area contributed by atoms with Gasteiger partial charge < -0.3 is 19.3 Å². The fraction of sp³-hybridized carbons (Fsp3) is 0.727. The summed E-state index contributed by atoms with van der Waals surface area (Å²) in [6.45, 7) is 0.530. The van der Waals surface area contributed by atoms with Crippen molar-refractivity contribution in [2.45, 2.75) is 11.9 Å². The lowest BCUT2D eigenvalue weighted by Crippen LogP contribution is -2.47. The van der Waals surface area contributed by atoms with Crippen LogP contribution in [0.2, 0.25) is 0 Å². The highest BCUT2D eigenvalue weighted by atomic mass is 16.7. The Labute approximate surface area is 93.0 Å². The maximum absolute atomic E-state index is 11.6. The molecular weight excluding hydrogens is 212 g/mol. The maximum Gasteiger partial charge on any atom is 0.311 e. The Balaban J connectivity index is 1.90. The van der Waals surface area contributed by atoms with Crippen LogP contribution in [0.25, 0.3) is 0 Å². The molecule has 0 bridgehead atoms. The summed E-state index contributed by atoms with van der Waals surface area (Å²) in [5.41, 5.74) is -0.970. The molecule has 3 rings (SSSR count). The van der Waals surface area contributed by atoms with Crippen molar-refractivity contribution in [1.82, 2.24) is 0 Å². The largest absolute Gasteiger partial charge is 0.469 e. The number of ether oxygens (including phenoxy) is 3. The molecule has 5 nitrogen and oxygen atoms in total. The summed E-state index contributed by atoms with van der Waals surface area (Å²) >= 11 is 0. The number of esters is 1. The number of rotatable bonds is 1. The van der Waals surface area contributed by atoms with E-state index in [0.717, 1.165) is 0 Å². The standard InChI is InChI=1S/C11H14O5/c1-14-9(12)7-4-15-10-8-6(7)2-3-11(8,13)5-16-10/h2-3,6-8,10,13H,4-5H2,1H3/t6-,7-,8-,10-,11-/m1/s1. The first kappa shape index (κ1) is 10.3. The quantitative estimate of drug-likeness (QED) is 0.491. The van der Waals surface area contributed by atoms with E-state index >= 15 is 0 Å². The minimum atomic E-state index is -0.970. The van der Waals surface area contributed by atoms with E-state index in [2.05, 4.69) is 0 Å². The van der Waals surface area contributed by atoms with E-state index in [1.165, 1.54) is 7.11 Å². The number of hydrogen-bond acceptors (Lipinski definition) is 5. The summed E-state index contributed by atoms with van der Waals surface area (Å²) in [4.78, 5) is 11.6. The number of hydrogen-bond donors (Lipinski definition) is 1. The zero-order valence-corrected chi connectivity index (χ0v) is 8.96. The Hall–Kier alpha value is -0.910. The van der Waals surface area contributed by atoms with Crippen molar-refractivity contribution < 1.29 is 24.1 Å². The second-order valence-electron chi connectivity index (χ2n) is 4.60. The van der Waals surface area contributed by atoms with Crippen LogP contribution in [-0.2, 0) is 19.0 Å². The number of carbonyl (C=O) groups is 1. The third-order valence-electron chi connectivity index (χ3n) is 3.78. The van der Waals surface area contributed by atoms with Crippen LogP contribution in [0.5, 0.6) is 0 Å². The van der Waals surface area contributed by atoms with Gasteiger partial charge in [0, 0.05) is 5.92 Å². The molecule has 0 aromatic carbocycles. The van der Waals surface area contributed by atoms with Crippen LogP contribution in [0, 0.1) is 17.8 Å². The fourth-order valence-corrected chi connectivity index (χ4v) is 2.94. The molecule has 1 N–H and O–H groups in total. The molecule has 0 amide bonds. The third kappa shape index (κ3) is 1.19. The first-order chi connectivity index (χ1) is 7.65. The predicted molar refractivity (Wildman–Crippen MR) is 52.3 cm³/mol. The monoisotopic (exact) mass is 226 g/mol. The molecule has 5 heteroatoms. The number of aliphatic hydroxyl groups is 1. The highest BCUT2D eigenvalue weighted by Gasteiger charge is 2.59. The zero-order chi connectivity index (χ0) is 11.3. The highest BCUT2D eigenvalue weighted by Crippen LogP contribution is 2.49. The average molecular weight is 226 g/mol. The van der Waals surface area contributed by atoms with E-state index in [4.69, 9.17) is 14.2 Å². The molecule has 2 heterocycles. The van der Waals surface area contributed by atoms with E-state index < -0.39 is 11.9 Å². The van der Waals surface area contributed by atoms with Crippen molar-refractivity contribution in [2.24, 2.45) is 17.8 Å². The van der Waals surface area contributed by atoms with Crippen LogP contribution < -0.4 is 0 Å². The Bertz CT molecular complexity index is 352. The van der Waals surface area contributed by atoms with Crippen LogP contribution in [0.3, 0.4) is 0 Å². The molecule has 88 valence electrons. The highest BCUT2D eigenvalue weighted by molar-refractivity contribution is 5.73. The lowest BCUT2D eigenvalue weighted by atomic mass is 9.77. The van der Waals surface area contributed by atoms with Crippen LogP contribution in [-0.4, -0.2) is 43.3 Å². The Morgan fingerprint density at radius 3 is 3.12 bits per heavy atom. The van der Waals surface area contributed by atoms with Gasteiger partial charge in [-0.2, -0.15) is 0 Å². The van der Waals surface area contributed by atoms with Gasteiger partial charge in [-0.3, -0.25) is 4.79 Å². The van der Waals surface area contributed by atoms with Crippen molar-refractivity contribution in [1.29, 1.82) is 0 Å². The fourth-order valence-electron chi connectivity index (χ4n) is 2.94. The third-order valence-corrected chi connectivity index (χ3v) is 3.78. The molecule has 0 aromatic rings. The Morgan fingerprint density at radius 2 is 2.38 bits per heavy atom. The summed E-state index contributed by atoms with van der Waals surface area (Å²) in [5, 5.41) is 10.3. The molecule has 2 fully saturated rings. The first-order valence-electron chi connectivity index (χ1n) is 5.38. The topological polar surface area (TPSA) is 65.0 Å². The summed E-state index contributed by atoms with van der Waals surface area (Å²) < 4.78 is 15.6. The summed E-state index contributed by atoms with van der Waals surface area (Å²) in [7, 11) is 1.37. The van der Waals surface area contributed by atoms with Gasteiger partial charge in [0.25, 0.3) is 0 Å². The smallest absolute Gasteiger partial charge is 0.311 e. The van der Waals surface area contributed by atoms with Crippen LogP contribution in [0.1, 0.15) is 0 Å². The molecule has 0 radical (unpaired) electrons. The maximum atomic E-state index is 11.6. The molecule has 2 aliphatic heterocycles. The molecule has 0 unspecified atom stereocenters. The summed E-state index contributed by atoms with van der Waals surface area (Å²) in [5.74, 6) is -0.841. The number of carbonyl (C=O) groups excluding carboxylic acids is 1. The molecule has 3 aliphatic rings. The van der Waals surface area contributed by atoms with Gasteiger partial charge in [-0.25, -0.2) is 0 Å². The van der Waals surface area contributed by atoms with Crippen molar-refractivity contribution in [3.63, 3.8) is 0 Å². The molecule has 0 spiro atoms. The van der Waals surface area contributed by atoms with E-state index in [1.54, 1.807) is 6.08 Å². The average Bonchev–Trinajstić information content (AvgIpc) is 2.81.